The number of aryl methyl sites for hydroxylation is 1. The molecule has 0 spiro atoms. The third kappa shape index (κ3) is 5.91. The molecule has 0 amide bonds. The number of nitrogens with two attached hydrogens (primary N) is 1. The first-order chi connectivity index (χ1) is 16.2. The normalized spacial score (nSPS) is 11.9. The number of hydrogen-bond acceptors (Lipinski definition) is 10. The Hall–Kier alpha value is -4.48. The van der Waals surface area contributed by atoms with Crippen molar-refractivity contribution in [3.05, 3.63) is 78.5 Å². The smallest absolute Gasteiger partial charge is 0.423 e. The van der Waals surface area contributed by atoms with Gasteiger partial charge in [-0.3, -0.25) is 39.7 Å². The Labute approximate surface area is 195 Å². The summed E-state index contributed by atoms with van der Waals surface area (Å²) in [6.45, 7) is 0. The summed E-state index contributed by atoms with van der Waals surface area (Å²) in [6, 6.07) is 7.78. The average Bonchev–Trinajstić information content (AvgIpc) is 3.07. The first-order valence-electron chi connectivity index (χ1n) is 9.25. The highest BCUT2D eigenvalue weighted by atomic mass is 32.2. The lowest BCUT2D eigenvalue weighted by atomic mass is 10.1. The molecule has 3 rings (SSSR count). The Bertz CT molecular complexity index is 1450. The van der Waals surface area contributed by atoms with Crippen LogP contribution in [0, 0.1) is 30.3 Å². The molecular weight excluding hydrogens is 494 g/mol. The number of aliphatic carboxylic acids is 1. The van der Waals surface area contributed by atoms with E-state index in [1.165, 1.54) is 0 Å². The van der Waals surface area contributed by atoms with Gasteiger partial charge in [0.25, 0.3) is 0 Å². The van der Waals surface area contributed by atoms with Gasteiger partial charge in [0.05, 0.1) is 14.8 Å². The van der Waals surface area contributed by atoms with E-state index in [2.05, 4.69) is 0 Å². The van der Waals surface area contributed by atoms with Gasteiger partial charge in [0.2, 0.25) is 0 Å². The number of para-hydroxylation sites is 1. The molecule has 0 unspecified atom stereocenters. The predicted molar refractivity (Wildman–Crippen MR) is 118 cm³/mol. The molecule has 0 saturated heterocycles. The second kappa shape index (κ2) is 10.2. The molecule has 0 saturated carbocycles. The van der Waals surface area contributed by atoms with Crippen molar-refractivity contribution in [1.29, 1.82) is 0 Å². The van der Waals surface area contributed by atoms with Crippen molar-refractivity contribution in [2.24, 2.45) is 12.8 Å². The summed E-state index contributed by atoms with van der Waals surface area (Å²) in [5.41, 5.74) is 3.07. The summed E-state index contributed by atoms with van der Waals surface area (Å²) in [4.78, 5) is 36.9. The molecule has 35 heavy (non-hydrogen) atoms. The number of rotatable bonds is 7. The Morgan fingerprint density at radius 3 is 2.09 bits per heavy atom. The highest BCUT2D eigenvalue weighted by molar-refractivity contribution is 7.86. The topological polar surface area (TPSA) is 252 Å². The van der Waals surface area contributed by atoms with Crippen LogP contribution in [0.15, 0.2) is 47.5 Å². The van der Waals surface area contributed by atoms with Crippen molar-refractivity contribution in [2.75, 3.05) is 0 Å². The second-order valence-corrected chi connectivity index (χ2v) is 8.35. The zero-order valence-corrected chi connectivity index (χ0v) is 18.5. The fourth-order valence-electron chi connectivity index (χ4n) is 3.17. The SMILES string of the molecule is Cn1cc(C[C@H](N)C(=O)O)c2ccccc21.O=[N+]([O-])c1ccc(S(=O)(=O)O)c([N+](=O)[O-])c1[N+](=O)[O-]. The van der Waals surface area contributed by atoms with Gasteiger partial charge in [-0.1, -0.05) is 18.2 Å². The molecule has 0 fully saturated rings. The molecule has 0 bridgehead atoms. The van der Waals surface area contributed by atoms with Crippen LogP contribution in [0.25, 0.3) is 10.9 Å². The van der Waals surface area contributed by atoms with Gasteiger partial charge in [-0.2, -0.15) is 8.42 Å². The van der Waals surface area contributed by atoms with Crippen molar-refractivity contribution in [3.8, 4) is 0 Å². The van der Waals surface area contributed by atoms with Crippen molar-refractivity contribution in [3.63, 3.8) is 0 Å². The van der Waals surface area contributed by atoms with Gasteiger partial charge < -0.3 is 15.4 Å². The maximum Gasteiger partial charge on any atom is 0.423 e. The molecule has 16 nitrogen and oxygen atoms in total. The molecule has 1 heterocycles. The van der Waals surface area contributed by atoms with Crippen molar-refractivity contribution in [1.82, 2.24) is 4.57 Å². The third-order valence-corrected chi connectivity index (χ3v) is 5.55. The minimum Gasteiger partial charge on any atom is -0.480 e. The Balaban J connectivity index is 0.000000250. The van der Waals surface area contributed by atoms with Crippen LogP contribution in [0.3, 0.4) is 0 Å². The van der Waals surface area contributed by atoms with Crippen LogP contribution in [0.2, 0.25) is 0 Å². The van der Waals surface area contributed by atoms with E-state index in [0.29, 0.717) is 18.6 Å². The molecule has 186 valence electrons. The van der Waals surface area contributed by atoms with Gasteiger partial charge in [-0.15, -0.1) is 0 Å². The number of hydrogen-bond donors (Lipinski definition) is 3. The van der Waals surface area contributed by atoms with E-state index >= 15 is 0 Å². The number of carbonyl (C=O) groups is 1. The zero-order chi connectivity index (χ0) is 26.7. The monoisotopic (exact) mass is 511 g/mol. The molecular formula is C18H17N5O11S. The number of benzene rings is 2. The maximum absolute atomic E-state index is 10.9. The fraction of sp³-hybridized carbons (Fsp3) is 0.167. The predicted octanol–water partition coefficient (Wildman–Crippen LogP) is 1.79. The molecule has 17 heteroatoms. The first-order valence-corrected chi connectivity index (χ1v) is 10.7. The quantitative estimate of drug-likeness (QED) is 0.233. The lowest BCUT2D eigenvalue weighted by molar-refractivity contribution is -0.442. The van der Waals surface area contributed by atoms with Crippen molar-refractivity contribution >= 4 is 44.1 Å². The molecule has 0 aliphatic heterocycles. The van der Waals surface area contributed by atoms with Crippen molar-refractivity contribution in [2.45, 2.75) is 17.4 Å². The number of carboxylic acids is 1. The van der Waals surface area contributed by atoms with E-state index in [1.54, 1.807) is 0 Å². The largest absolute Gasteiger partial charge is 0.480 e. The summed E-state index contributed by atoms with van der Waals surface area (Å²) < 4.78 is 32.5. The molecule has 1 aromatic heterocycles. The van der Waals surface area contributed by atoms with Crippen LogP contribution in [0.5, 0.6) is 0 Å². The number of aromatic nitrogens is 1. The van der Waals surface area contributed by atoms with Gasteiger partial charge >= 0.3 is 33.1 Å². The van der Waals surface area contributed by atoms with Crippen LogP contribution in [-0.4, -0.2) is 49.4 Å². The van der Waals surface area contributed by atoms with Gasteiger partial charge in [0.1, 0.15) is 6.04 Å². The Morgan fingerprint density at radius 2 is 1.60 bits per heavy atom. The van der Waals surface area contributed by atoms with Crippen LogP contribution in [-0.2, 0) is 28.4 Å². The summed E-state index contributed by atoms with van der Waals surface area (Å²) in [7, 11) is -3.20. The Kier molecular flexibility index (Phi) is 7.80. The van der Waals surface area contributed by atoms with Gasteiger partial charge in [0.15, 0.2) is 4.90 Å². The van der Waals surface area contributed by atoms with Crippen LogP contribution >= 0.6 is 0 Å². The molecule has 4 N–H and O–H groups in total. The molecule has 0 aliphatic rings. The minimum absolute atomic E-state index is 0.346. The number of nitro benzene ring substituents is 3. The molecule has 0 radical (unpaired) electrons. The van der Waals surface area contributed by atoms with Crippen LogP contribution in [0.4, 0.5) is 17.1 Å². The fourth-order valence-corrected chi connectivity index (χ4v) is 3.83. The highest BCUT2D eigenvalue weighted by Crippen LogP contribution is 2.40. The van der Waals surface area contributed by atoms with E-state index < -0.39 is 58.9 Å². The summed E-state index contributed by atoms with van der Waals surface area (Å²) >= 11 is 0. The average molecular weight is 511 g/mol. The van der Waals surface area contributed by atoms with Crippen molar-refractivity contribution < 1.29 is 37.6 Å². The number of carboxylic acid groups (broad SMARTS) is 1. The van der Waals surface area contributed by atoms with Gasteiger partial charge in [-0.25, -0.2) is 0 Å². The number of fused-ring (bicyclic) bond motifs is 1. The second-order valence-electron chi connectivity index (χ2n) is 6.96. The van der Waals surface area contributed by atoms with E-state index in [4.69, 9.17) is 15.4 Å². The van der Waals surface area contributed by atoms with E-state index in [9.17, 15) is 43.6 Å². The van der Waals surface area contributed by atoms with Crippen LogP contribution in [0.1, 0.15) is 5.56 Å². The maximum atomic E-state index is 10.9. The number of nitro groups is 3. The summed E-state index contributed by atoms with van der Waals surface area (Å²) in [5.74, 6) is -0.965. The lowest BCUT2D eigenvalue weighted by Crippen LogP contribution is -2.32. The zero-order valence-electron chi connectivity index (χ0n) is 17.7. The van der Waals surface area contributed by atoms with E-state index in [-0.39, 0.29) is 0 Å². The van der Waals surface area contributed by atoms with E-state index in [0.717, 1.165) is 16.5 Å². The molecule has 1 atom stereocenters. The Morgan fingerprint density at radius 1 is 1.03 bits per heavy atom. The first kappa shape index (κ1) is 26.8. The number of nitrogens with zero attached hydrogens (tertiary/aromatic N) is 4. The third-order valence-electron chi connectivity index (χ3n) is 4.67. The summed E-state index contributed by atoms with van der Waals surface area (Å²) in [5, 5.41) is 41.7. The lowest BCUT2D eigenvalue weighted by Gasteiger charge is -2.04. The van der Waals surface area contributed by atoms with Crippen LogP contribution < -0.4 is 5.73 Å². The molecule has 0 aliphatic carbocycles. The molecule has 3 aromatic rings. The van der Waals surface area contributed by atoms with Gasteiger partial charge in [0, 0.05) is 36.6 Å². The standard InChI is InChI=1S/C12H14N2O2.C6H3N3O9S/c1-14-7-8(6-10(13)12(15)16)9-4-2-3-5-11(9)14;10-7(11)3-1-2-4(19(16,17)18)6(9(14)15)5(3)8(12)13/h2-5,7,10H,6,13H2,1H3,(H,15,16);1-2H,(H,16,17,18)/t10-;/m0./s1. The van der Waals surface area contributed by atoms with Gasteiger partial charge in [-0.05, 0) is 17.7 Å². The molecule has 2 aromatic carbocycles. The van der Waals surface area contributed by atoms with E-state index in [1.807, 2.05) is 42.1 Å². The summed E-state index contributed by atoms with van der Waals surface area (Å²) in [6.07, 6.45) is 2.30. The minimum atomic E-state index is -5.15. The highest BCUT2D eigenvalue weighted by Gasteiger charge is 2.42.